The molecule has 0 radical (unpaired) electrons. The number of fused-ring (bicyclic) bond motifs is 3. The normalized spacial score (nSPS) is 16.6. The fourth-order valence-electron chi connectivity index (χ4n) is 4.92. The molecule has 6 heteroatoms. The quantitative estimate of drug-likeness (QED) is 0.410. The molecule has 5 rings (SSSR count). The molecule has 176 valence electrons. The first-order valence-electron chi connectivity index (χ1n) is 12.2. The third-order valence-electron chi connectivity index (χ3n) is 6.78. The minimum absolute atomic E-state index is 0.0579. The average Bonchev–Trinajstić information content (AvgIpc) is 3.57. The van der Waals surface area contributed by atoms with Crippen LogP contribution in [0.2, 0.25) is 0 Å². The van der Waals surface area contributed by atoms with Crippen molar-refractivity contribution in [3.05, 3.63) is 83.9 Å². The molecule has 1 unspecified atom stereocenters. The Morgan fingerprint density at radius 3 is 2.41 bits per heavy atom. The van der Waals surface area contributed by atoms with Crippen molar-refractivity contribution in [1.29, 1.82) is 0 Å². The smallest absolute Gasteiger partial charge is 0.247 e. The number of carbonyl (C=O) groups is 2. The Bertz CT molecular complexity index is 1180. The zero-order valence-corrected chi connectivity index (χ0v) is 19.5. The van der Waals surface area contributed by atoms with Gasteiger partial charge in [0, 0.05) is 18.7 Å². The average molecular weight is 460 g/mol. The summed E-state index contributed by atoms with van der Waals surface area (Å²) < 4.78 is 15.8. The van der Waals surface area contributed by atoms with Crippen molar-refractivity contribution >= 4 is 17.5 Å². The molecule has 1 aromatic heterocycles. The molecule has 1 aliphatic carbocycles. The summed E-state index contributed by atoms with van der Waals surface area (Å²) in [7, 11) is 0. The summed E-state index contributed by atoms with van der Waals surface area (Å²) in [6.07, 6.45) is 7.30. The number of nitrogens with zero attached hydrogens (tertiary/aromatic N) is 3. The number of amides is 2. The van der Waals surface area contributed by atoms with E-state index in [-0.39, 0.29) is 30.2 Å². The third kappa shape index (κ3) is 4.25. The third-order valence-corrected chi connectivity index (χ3v) is 6.78. The number of benzene rings is 2. The van der Waals surface area contributed by atoms with Crippen LogP contribution in [-0.2, 0) is 9.59 Å². The van der Waals surface area contributed by atoms with E-state index in [1.165, 1.54) is 12.1 Å². The predicted molar refractivity (Wildman–Crippen MR) is 130 cm³/mol. The molecule has 0 bridgehead atoms. The number of carbonyl (C=O) groups excluding carboxylic acids is 2. The highest BCUT2D eigenvalue weighted by atomic mass is 19.1. The standard InChI is InChI=1S/C28H30FN3O2/c1-2-3-4-11-26(33)31(22-16-17-22)19-27(34)32-24-9-6-5-8-23(24)30-18-7-10-25(30)28(32)20-12-14-21(29)15-13-20/h5-10,12-15,18,22,28H,2-4,11,16-17,19H2,1H3. The first-order chi connectivity index (χ1) is 16.6. The Kier molecular flexibility index (Phi) is 6.22. The van der Waals surface area contributed by atoms with Gasteiger partial charge in [0.1, 0.15) is 18.4 Å². The number of rotatable bonds is 8. The predicted octanol–water partition coefficient (Wildman–Crippen LogP) is 5.62. The molecule has 0 spiro atoms. The van der Waals surface area contributed by atoms with Crippen LogP contribution in [0.4, 0.5) is 10.1 Å². The Labute approximate surface area is 199 Å². The molecule has 0 N–H and O–H groups in total. The van der Waals surface area contributed by atoms with E-state index in [1.54, 1.807) is 21.9 Å². The summed E-state index contributed by atoms with van der Waals surface area (Å²) in [4.78, 5) is 30.6. The van der Waals surface area contributed by atoms with Crippen molar-refractivity contribution in [3.8, 4) is 5.69 Å². The number of para-hydroxylation sites is 2. The number of unbranched alkanes of at least 4 members (excludes halogenated alkanes) is 2. The second-order valence-corrected chi connectivity index (χ2v) is 9.22. The minimum Gasteiger partial charge on any atom is -0.330 e. The molecule has 2 amide bonds. The molecule has 2 aromatic carbocycles. The maximum atomic E-state index is 14.0. The summed E-state index contributed by atoms with van der Waals surface area (Å²) >= 11 is 0. The summed E-state index contributed by atoms with van der Waals surface area (Å²) in [5.74, 6) is -0.368. The Balaban J connectivity index is 1.51. The van der Waals surface area contributed by atoms with Crippen LogP contribution >= 0.6 is 0 Å². The molecule has 34 heavy (non-hydrogen) atoms. The second-order valence-electron chi connectivity index (χ2n) is 9.22. The summed E-state index contributed by atoms with van der Waals surface area (Å²) in [6, 6.07) is 17.9. The SMILES string of the molecule is CCCCCC(=O)N(CC(=O)N1c2ccccc2-n2cccc2C1c1ccc(F)cc1)C1CC1. The molecule has 2 aliphatic rings. The van der Waals surface area contributed by atoms with Crippen LogP contribution in [-0.4, -0.2) is 33.9 Å². The van der Waals surface area contributed by atoms with Crippen molar-refractivity contribution < 1.29 is 14.0 Å². The van der Waals surface area contributed by atoms with E-state index < -0.39 is 6.04 Å². The lowest BCUT2D eigenvalue weighted by Crippen LogP contribution is -2.47. The molecule has 2 heterocycles. The Morgan fingerprint density at radius 2 is 1.71 bits per heavy atom. The number of hydrogen-bond acceptors (Lipinski definition) is 2. The van der Waals surface area contributed by atoms with Gasteiger partial charge in [-0.15, -0.1) is 0 Å². The van der Waals surface area contributed by atoms with Crippen LogP contribution in [0.5, 0.6) is 0 Å². The van der Waals surface area contributed by atoms with Gasteiger partial charge < -0.3 is 9.47 Å². The molecule has 1 saturated carbocycles. The zero-order valence-electron chi connectivity index (χ0n) is 19.5. The van der Waals surface area contributed by atoms with E-state index in [0.717, 1.165) is 54.7 Å². The van der Waals surface area contributed by atoms with E-state index in [0.29, 0.717) is 6.42 Å². The van der Waals surface area contributed by atoms with Gasteiger partial charge >= 0.3 is 0 Å². The molecule has 1 atom stereocenters. The van der Waals surface area contributed by atoms with Crippen LogP contribution in [0.25, 0.3) is 5.69 Å². The highest BCUT2D eigenvalue weighted by Crippen LogP contribution is 2.42. The number of halogens is 1. The van der Waals surface area contributed by atoms with E-state index >= 15 is 0 Å². The lowest BCUT2D eigenvalue weighted by Gasteiger charge is -2.39. The topological polar surface area (TPSA) is 45.6 Å². The van der Waals surface area contributed by atoms with Crippen LogP contribution in [0.15, 0.2) is 66.9 Å². The van der Waals surface area contributed by atoms with Crippen LogP contribution in [0.3, 0.4) is 0 Å². The van der Waals surface area contributed by atoms with E-state index in [9.17, 15) is 14.0 Å². The molecule has 5 nitrogen and oxygen atoms in total. The van der Waals surface area contributed by atoms with Crippen molar-refractivity contribution in [2.75, 3.05) is 11.4 Å². The lowest BCUT2D eigenvalue weighted by atomic mass is 9.97. The Hall–Kier alpha value is -3.41. The maximum Gasteiger partial charge on any atom is 0.247 e. The van der Waals surface area contributed by atoms with Crippen LogP contribution in [0, 0.1) is 5.82 Å². The fraction of sp³-hybridized carbons (Fsp3) is 0.357. The minimum atomic E-state index is -0.408. The highest BCUT2D eigenvalue weighted by molar-refractivity contribution is 6.00. The van der Waals surface area contributed by atoms with Gasteiger partial charge in [-0.1, -0.05) is 44.0 Å². The van der Waals surface area contributed by atoms with E-state index in [2.05, 4.69) is 11.5 Å². The van der Waals surface area contributed by atoms with Gasteiger partial charge in [-0.3, -0.25) is 14.5 Å². The van der Waals surface area contributed by atoms with Gasteiger partial charge in [0.2, 0.25) is 11.8 Å². The van der Waals surface area contributed by atoms with Gasteiger partial charge in [-0.25, -0.2) is 4.39 Å². The van der Waals surface area contributed by atoms with Crippen molar-refractivity contribution in [1.82, 2.24) is 9.47 Å². The first kappa shape index (κ1) is 22.4. The Morgan fingerprint density at radius 1 is 0.971 bits per heavy atom. The highest BCUT2D eigenvalue weighted by Gasteiger charge is 2.39. The molecular formula is C28H30FN3O2. The van der Waals surface area contributed by atoms with E-state index in [4.69, 9.17) is 0 Å². The fourth-order valence-corrected chi connectivity index (χ4v) is 4.92. The van der Waals surface area contributed by atoms with Gasteiger partial charge in [-0.2, -0.15) is 0 Å². The summed E-state index contributed by atoms with van der Waals surface area (Å²) in [6.45, 7) is 2.17. The molecule has 0 saturated heterocycles. The monoisotopic (exact) mass is 459 g/mol. The molecular weight excluding hydrogens is 429 g/mol. The van der Waals surface area contributed by atoms with Gasteiger partial charge in [0.15, 0.2) is 0 Å². The van der Waals surface area contributed by atoms with Gasteiger partial charge in [-0.05, 0) is 61.2 Å². The number of aromatic nitrogens is 1. The maximum absolute atomic E-state index is 14.0. The summed E-state index contributed by atoms with van der Waals surface area (Å²) in [5.41, 5.74) is 3.48. The van der Waals surface area contributed by atoms with Crippen molar-refractivity contribution in [2.45, 2.75) is 57.5 Å². The van der Waals surface area contributed by atoms with Crippen molar-refractivity contribution in [2.24, 2.45) is 0 Å². The first-order valence-corrected chi connectivity index (χ1v) is 12.2. The zero-order chi connectivity index (χ0) is 23.7. The van der Waals surface area contributed by atoms with Crippen LogP contribution in [0.1, 0.15) is 62.7 Å². The van der Waals surface area contributed by atoms with E-state index in [1.807, 2.05) is 42.6 Å². The second kappa shape index (κ2) is 9.45. The number of hydrogen-bond donors (Lipinski definition) is 0. The molecule has 1 fully saturated rings. The van der Waals surface area contributed by atoms with Crippen molar-refractivity contribution in [3.63, 3.8) is 0 Å². The summed E-state index contributed by atoms with van der Waals surface area (Å²) in [5, 5.41) is 0. The molecule has 1 aliphatic heterocycles. The van der Waals surface area contributed by atoms with Gasteiger partial charge in [0.05, 0.1) is 17.1 Å². The lowest BCUT2D eigenvalue weighted by molar-refractivity contribution is -0.136. The molecule has 3 aromatic rings. The van der Waals surface area contributed by atoms with Gasteiger partial charge in [0.25, 0.3) is 0 Å². The number of anilines is 1. The largest absolute Gasteiger partial charge is 0.330 e. The van der Waals surface area contributed by atoms with Crippen LogP contribution < -0.4 is 4.90 Å².